The van der Waals surface area contributed by atoms with E-state index in [-0.39, 0.29) is 43.3 Å². The lowest BCUT2D eigenvalue weighted by Crippen LogP contribution is -2.36. The van der Waals surface area contributed by atoms with Gasteiger partial charge in [0.1, 0.15) is 6.54 Å². The quantitative estimate of drug-likeness (QED) is 0.338. The Morgan fingerprint density at radius 1 is 1.00 bits per heavy atom. The van der Waals surface area contributed by atoms with E-state index in [1.165, 1.54) is 61.2 Å². The summed E-state index contributed by atoms with van der Waals surface area (Å²) in [5.41, 5.74) is 3.03. The molecule has 10 nitrogen and oxygen atoms in total. The summed E-state index contributed by atoms with van der Waals surface area (Å²) in [6.07, 6.45) is 0. The number of rotatable bonds is 11. The molecule has 37 heavy (non-hydrogen) atoms. The molecule has 3 rings (SSSR count). The van der Waals surface area contributed by atoms with Crippen LogP contribution in [0.5, 0.6) is 0 Å². The van der Waals surface area contributed by atoms with Gasteiger partial charge in [-0.2, -0.15) is 9.30 Å². The van der Waals surface area contributed by atoms with E-state index in [0.717, 1.165) is 21.3 Å². The number of nitrogens with zero attached hydrogens (tertiary/aromatic N) is 3. The standard InChI is InChI=1S/C25H31N3O7S2/c1-17-14-18(2)23-21(15-17)28(16-22(29)35-5)25(36-23)26-24(30)19-6-8-20(9-7-19)37(31,32)27(10-12-33-3)11-13-34-4/h6-9,14-15H,10-13,16H2,1-5H3. The number of carbonyl (C=O) groups is 2. The summed E-state index contributed by atoms with van der Waals surface area (Å²) in [6, 6.07) is 9.57. The van der Waals surface area contributed by atoms with Crippen LogP contribution in [0.4, 0.5) is 0 Å². The minimum Gasteiger partial charge on any atom is -0.468 e. The fraction of sp³-hybridized carbons (Fsp3) is 0.400. The zero-order valence-electron chi connectivity index (χ0n) is 21.5. The number of methoxy groups -OCH3 is 3. The average molecular weight is 550 g/mol. The second-order valence-corrected chi connectivity index (χ2v) is 11.2. The van der Waals surface area contributed by atoms with Crippen molar-refractivity contribution in [1.82, 2.24) is 8.87 Å². The second-order valence-electron chi connectivity index (χ2n) is 8.31. The lowest BCUT2D eigenvalue weighted by Gasteiger charge is -2.21. The van der Waals surface area contributed by atoms with E-state index in [2.05, 4.69) is 4.99 Å². The van der Waals surface area contributed by atoms with Gasteiger partial charge in [0.2, 0.25) is 10.0 Å². The van der Waals surface area contributed by atoms with Crippen LogP contribution in [-0.2, 0) is 35.6 Å². The van der Waals surface area contributed by atoms with E-state index < -0.39 is 21.9 Å². The maximum Gasteiger partial charge on any atom is 0.325 e. The van der Waals surface area contributed by atoms with Gasteiger partial charge in [-0.3, -0.25) is 9.59 Å². The summed E-state index contributed by atoms with van der Waals surface area (Å²) in [6.45, 7) is 4.63. The number of carbonyl (C=O) groups excluding carboxylic acids is 2. The van der Waals surface area contributed by atoms with Gasteiger partial charge in [0, 0.05) is 32.9 Å². The first kappa shape index (κ1) is 28.7. The molecule has 0 aliphatic rings. The predicted molar refractivity (Wildman–Crippen MR) is 140 cm³/mol. The fourth-order valence-corrected chi connectivity index (χ4v) is 6.24. The van der Waals surface area contributed by atoms with Crippen LogP contribution in [0.2, 0.25) is 0 Å². The number of benzene rings is 2. The SMILES string of the molecule is COCCN(CCOC)S(=O)(=O)c1ccc(C(=O)N=c2sc3c(C)cc(C)cc3n2CC(=O)OC)cc1. The molecule has 0 spiro atoms. The van der Waals surface area contributed by atoms with Crippen molar-refractivity contribution in [1.29, 1.82) is 0 Å². The molecule has 200 valence electrons. The Morgan fingerprint density at radius 2 is 1.62 bits per heavy atom. The van der Waals surface area contributed by atoms with Crippen molar-refractivity contribution in [2.24, 2.45) is 4.99 Å². The first-order valence-corrected chi connectivity index (χ1v) is 13.7. The average Bonchev–Trinajstić information content (AvgIpc) is 3.20. The van der Waals surface area contributed by atoms with Crippen LogP contribution in [0.15, 0.2) is 46.3 Å². The number of hydrogen-bond donors (Lipinski definition) is 0. The highest BCUT2D eigenvalue weighted by Crippen LogP contribution is 2.24. The molecule has 1 amide bonds. The Bertz CT molecular complexity index is 1430. The normalized spacial score (nSPS) is 12.4. The van der Waals surface area contributed by atoms with Crippen molar-refractivity contribution >= 4 is 43.5 Å². The Hall–Kier alpha value is -2.90. The molecule has 2 aromatic carbocycles. The topological polar surface area (TPSA) is 116 Å². The minimum atomic E-state index is -3.82. The van der Waals surface area contributed by atoms with Crippen LogP contribution in [0.1, 0.15) is 21.5 Å². The molecule has 1 heterocycles. The number of aromatic nitrogens is 1. The maximum absolute atomic E-state index is 13.1. The number of amides is 1. The zero-order chi connectivity index (χ0) is 27.2. The van der Waals surface area contributed by atoms with Crippen molar-refractivity contribution in [2.45, 2.75) is 25.3 Å². The van der Waals surface area contributed by atoms with Crippen LogP contribution < -0.4 is 4.80 Å². The van der Waals surface area contributed by atoms with Gasteiger partial charge in [-0.25, -0.2) is 8.42 Å². The molecule has 0 saturated carbocycles. The Balaban J connectivity index is 1.97. The van der Waals surface area contributed by atoms with E-state index in [1.54, 1.807) is 4.57 Å². The highest BCUT2D eigenvalue weighted by Gasteiger charge is 2.24. The maximum atomic E-state index is 13.1. The molecule has 12 heteroatoms. The minimum absolute atomic E-state index is 0.0463. The second kappa shape index (κ2) is 12.6. The van der Waals surface area contributed by atoms with Crippen molar-refractivity contribution in [3.05, 3.63) is 57.9 Å². The van der Waals surface area contributed by atoms with Crippen LogP contribution in [0.25, 0.3) is 10.2 Å². The van der Waals surface area contributed by atoms with Gasteiger partial charge in [-0.05, 0) is 55.3 Å². The molecule has 0 aliphatic carbocycles. The summed E-state index contributed by atoms with van der Waals surface area (Å²) < 4.78 is 45.0. The molecule has 0 atom stereocenters. The third-order valence-corrected chi connectivity index (χ3v) is 8.80. The number of thiazole rings is 1. The van der Waals surface area contributed by atoms with Crippen LogP contribution in [0, 0.1) is 13.8 Å². The third-order valence-electron chi connectivity index (χ3n) is 5.66. The van der Waals surface area contributed by atoms with E-state index in [0.29, 0.717) is 4.80 Å². The Morgan fingerprint density at radius 3 is 2.19 bits per heavy atom. The van der Waals surface area contributed by atoms with Gasteiger partial charge >= 0.3 is 5.97 Å². The smallest absolute Gasteiger partial charge is 0.325 e. The molecular formula is C25H31N3O7S2. The predicted octanol–water partition coefficient (Wildman–Crippen LogP) is 2.52. The third kappa shape index (κ3) is 6.70. The molecule has 0 bridgehead atoms. The molecule has 0 saturated heterocycles. The summed E-state index contributed by atoms with van der Waals surface area (Å²) in [5.74, 6) is -1.02. The molecule has 0 N–H and O–H groups in total. The van der Waals surface area contributed by atoms with Gasteiger partial charge in [0.05, 0.1) is 35.4 Å². The van der Waals surface area contributed by atoms with Crippen LogP contribution >= 0.6 is 11.3 Å². The summed E-state index contributed by atoms with van der Waals surface area (Å²) in [5, 5.41) is 0. The van der Waals surface area contributed by atoms with E-state index in [4.69, 9.17) is 14.2 Å². The van der Waals surface area contributed by atoms with Crippen molar-refractivity contribution < 1.29 is 32.2 Å². The number of fused-ring (bicyclic) bond motifs is 1. The molecule has 0 unspecified atom stereocenters. The molecule has 3 aromatic rings. The molecule has 0 radical (unpaired) electrons. The molecule has 0 aliphatic heterocycles. The largest absolute Gasteiger partial charge is 0.468 e. The highest BCUT2D eigenvalue weighted by molar-refractivity contribution is 7.89. The summed E-state index contributed by atoms with van der Waals surface area (Å²) >= 11 is 1.30. The summed E-state index contributed by atoms with van der Waals surface area (Å²) in [4.78, 5) is 29.8. The molecule has 1 aromatic heterocycles. The van der Waals surface area contributed by atoms with Crippen molar-refractivity contribution in [3.8, 4) is 0 Å². The Labute approximate surface area is 220 Å². The number of ether oxygens (including phenoxy) is 3. The number of aryl methyl sites for hydroxylation is 2. The summed E-state index contributed by atoms with van der Waals surface area (Å²) in [7, 11) is 0.482. The van der Waals surface area contributed by atoms with E-state index in [1.807, 2.05) is 26.0 Å². The first-order chi connectivity index (χ1) is 17.6. The number of esters is 1. The molecule has 0 fully saturated rings. The lowest BCUT2D eigenvalue weighted by molar-refractivity contribution is -0.141. The van der Waals surface area contributed by atoms with E-state index >= 15 is 0 Å². The fourth-order valence-electron chi connectivity index (χ4n) is 3.75. The zero-order valence-corrected chi connectivity index (χ0v) is 23.1. The van der Waals surface area contributed by atoms with E-state index in [9.17, 15) is 18.0 Å². The van der Waals surface area contributed by atoms with Gasteiger partial charge < -0.3 is 18.8 Å². The van der Waals surface area contributed by atoms with Crippen LogP contribution in [0.3, 0.4) is 0 Å². The van der Waals surface area contributed by atoms with Gasteiger partial charge in [-0.15, -0.1) is 0 Å². The van der Waals surface area contributed by atoms with Crippen molar-refractivity contribution in [2.75, 3.05) is 47.6 Å². The first-order valence-electron chi connectivity index (χ1n) is 11.5. The highest BCUT2D eigenvalue weighted by atomic mass is 32.2. The number of hydrogen-bond acceptors (Lipinski definition) is 8. The van der Waals surface area contributed by atoms with Crippen molar-refractivity contribution in [3.63, 3.8) is 0 Å². The van der Waals surface area contributed by atoms with Gasteiger partial charge in [0.15, 0.2) is 4.80 Å². The van der Waals surface area contributed by atoms with Gasteiger partial charge in [-0.1, -0.05) is 17.4 Å². The monoisotopic (exact) mass is 549 g/mol. The van der Waals surface area contributed by atoms with Gasteiger partial charge in [0.25, 0.3) is 5.91 Å². The molecular weight excluding hydrogens is 518 g/mol. The number of sulfonamides is 1. The Kier molecular flexibility index (Phi) is 9.74. The lowest BCUT2D eigenvalue weighted by atomic mass is 10.1. The van der Waals surface area contributed by atoms with Crippen LogP contribution in [-0.4, -0.2) is 76.8 Å².